The maximum Gasteiger partial charge on any atom is 0.283 e. The molecular formula is C18H26N8O3S. The Morgan fingerprint density at radius 1 is 1.43 bits per heavy atom. The number of hydrogen-bond donors (Lipinski definition) is 4. The van der Waals surface area contributed by atoms with Crippen molar-refractivity contribution in [3.63, 3.8) is 0 Å². The molecular weight excluding hydrogens is 408 g/mol. The van der Waals surface area contributed by atoms with Gasteiger partial charge in [-0.3, -0.25) is 15.4 Å². The van der Waals surface area contributed by atoms with E-state index in [2.05, 4.69) is 32.1 Å². The van der Waals surface area contributed by atoms with Crippen LogP contribution in [-0.4, -0.2) is 69.2 Å². The first-order chi connectivity index (χ1) is 14.3. The summed E-state index contributed by atoms with van der Waals surface area (Å²) in [5.41, 5.74) is 0.340. The summed E-state index contributed by atoms with van der Waals surface area (Å²) in [5.74, 6) is 0.195. The van der Waals surface area contributed by atoms with Gasteiger partial charge in [0.15, 0.2) is 11.3 Å². The fraction of sp³-hybridized carbons (Fsp3) is 0.556. The van der Waals surface area contributed by atoms with Crippen LogP contribution >= 0.6 is 0 Å². The number of aromatic nitrogens is 3. The third kappa shape index (κ3) is 4.08. The molecule has 0 saturated carbocycles. The SMILES string of the molecule is Cc1nnc(C(=N)n2cc(S(=O)NC3(C)COC3)cc(N3CCNC(C)C3)c2=N)o1. The summed E-state index contributed by atoms with van der Waals surface area (Å²) in [6.07, 6.45) is 1.52. The maximum absolute atomic E-state index is 13.1. The first-order valence-corrected chi connectivity index (χ1v) is 10.9. The van der Waals surface area contributed by atoms with Crippen LogP contribution in [0.4, 0.5) is 5.69 Å². The molecule has 162 valence electrons. The molecule has 4 N–H and O–H groups in total. The lowest BCUT2D eigenvalue weighted by molar-refractivity contribution is -0.0517. The van der Waals surface area contributed by atoms with Gasteiger partial charge in [-0.25, -0.2) is 8.93 Å². The van der Waals surface area contributed by atoms with Crippen molar-refractivity contribution in [2.24, 2.45) is 0 Å². The average Bonchev–Trinajstić information content (AvgIpc) is 3.12. The minimum absolute atomic E-state index is 0.000810. The van der Waals surface area contributed by atoms with Gasteiger partial charge in [0, 0.05) is 38.8 Å². The van der Waals surface area contributed by atoms with E-state index < -0.39 is 11.0 Å². The van der Waals surface area contributed by atoms with Gasteiger partial charge in [0.25, 0.3) is 5.89 Å². The van der Waals surface area contributed by atoms with E-state index in [1.165, 1.54) is 10.8 Å². The first kappa shape index (κ1) is 20.8. The minimum Gasteiger partial charge on any atom is -0.419 e. The lowest BCUT2D eigenvalue weighted by Crippen LogP contribution is -2.58. The van der Waals surface area contributed by atoms with Crippen molar-refractivity contribution in [1.82, 2.24) is 24.8 Å². The number of hydrogen-bond acceptors (Lipinski definition) is 9. The van der Waals surface area contributed by atoms with Crippen molar-refractivity contribution < 1.29 is 13.4 Å². The summed E-state index contributed by atoms with van der Waals surface area (Å²) < 4.78 is 28.1. The van der Waals surface area contributed by atoms with E-state index in [1.807, 2.05) is 6.92 Å². The summed E-state index contributed by atoms with van der Waals surface area (Å²) in [6, 6.07) is 2.01. The van der Waals surface area contributed by atoms with Gasteiger partial charge in [0.2, 0.25) is 5.89 Å². The van der Waals surface area contributed by atoms with Crippen molar-refractivity contribution in [3.8, 4) is 0 Å². The number of aryl methyl sites for hydroxylation is 1. The summed E-state index contributed by atoms with van der Waals surface area (Å²) in [7, 11) is -1.55. The highest BCUT2D eigenvalue weighted by molar-refractivity contribution is 7.83. The molecule has 2 aliphatic heterocycles. The lowest BCUT2D eigenvalue weighted by atomic mass is 10.0. The summed E-state index contributed by atoms with van der Waals surface area (Å²) in [6.45, 7) is 8.81. The normalized spacial score (nSPS) is 21.8. The van der Waals surface area contributed by atoms with Gasteiger partial charge >= 0.3 is 0 Å². The van der Waals surface area contributed by atoms with Crippen LogP contribution in [0.1, 0.15) is 25.6 Å². The quantitative estimate of drug-likeness (QED) is 0.374. The number of anilines is 1. The number of nitrogens with zero attached hydrogens (tertiary/aromatic N) is 4. The number of ether oxygens (including phenoxy) is 1. The van der Waals surface area contributed by atoms with Crippen LogP contribution < -0.4 is 20.4 Å². The standard InChI is InChI=1S/C18H26N8O3S/c1-11-7-25(5-4-21-11)14-6-13(30(27)24-18(3)9-28-10-18)8-26(15(14)19)16(20)17-23-22-12(2)29-17/h6,8,11,19-21,24H,4-5,7,9-10H2,1-3H3. The second-order valence-corrected chi connectivity index (χ2v) is 9.19. The molecule has 2 unspecified atom stereocenters. The zero-order chi connectivity index (χ0) is 21.5. The van der Waals surface area contributed by atoms with Gasteiger partial charge < -0.3 is 19.4 Å². The van der Waals surface area contributed by atoms with Crippen LogP contribution in [0.2, 0.25) is 0 Å². The molecule has 0 aliphatic carbocycles. The molecule has 12 heteroatoms. The first-order valence-electron chi connectivity index (χ1n) is 9.72. The smallest absolute Gasteiger partial charge is 0.283 e. The highest BCUT2D eigenvalue weighted by Gasteiger charge is 2.35. The van der Waals surface area contributed by atoms with E-state index in [4.69, 9.17) is 20.0 Å². The van der Waals surface area contributed by atoms with Crippen LogP contribution in [-0.2, 0) is 15.7 Å². The van der Waals surface area contributed by atoms with Crippen LogP contribution in [0.25, 0.3) is 0 Å². The Kier molecular flexibility index (Phi) is 5.57. The summed E-state index contributed by atoms with van der Waals surface area (Å²) in [5, 5.41) is 28.3. The zero-order valence-corrected chi connectivity index (χ0v) is 18.0. The van der Waals surface area contributed by atoms with E-state index in [1.54, 1.807) is 13.0 Å². The fourth-order valence-corrected chi connectivity index (χ4v) is 4.57. The molecule has 2 saturated heterocycles. The molecule has 30 heavy (non-hydrogen) atoms. The topological polar surface area (TPSA) is 145 Å². The number of piperazine rings is 1. The number of nitrogens with one attached hydrogen (secondary N) is 4. The summed E-state index contributed by atoms with van der Waals surface area (Å²) in [4.78, 5) is 2.53. The Hall–Kier alpha value is -2.41. The van der Waals surface area contributed by atoms with E-state index in [9.17, 15) is 4.21 Å². The lowest BCUT2D eigenvalue weighted by Gasteiger charge is -2.38. The highest BCUT2D eigenvalue weighted by atomic mass is 32.2. The molecule has 2 atom stereocenters. The van der Waals surface area contributed by atoms with Crippen molar-refractivity contribution in [3.05, 3.63) is 29.5 Å². The Morgan fingerprint density at radius 3 is 2.80 bits per heavy atom. The molecule has 0 aromatic carbocycles. The molecule has 2 aliphatic rings. The van der Waals surface area contributed by atoms with Crippen molar-refractivity contribution >= 4 is 22.5 Å². The van der Waals surface area contributed by atoms with Gasteiger partial charge in [-0.05, 0) is 19.9 Å². The fourth-order valence-electron chi connectivity index (χ4n) is 3.47. The molecule has 0 radical (unpaired) electrons. The minimum atomic E-state index is -1.55. The van der Waals surface area contributed by atoms with E-state index in [0.717, 1.165) is 6.54 Å². The van der Waals surface area contributed by atoms with E-state index >= 15 is 0 Å². The molecule has 0 spiro atoms. The van der Waals surface area contributed by atoms with E-state index in [-0.39, 0.29) is 28.8 Å². The summed E-state index contributed by atoms with van der Waals surface area (Å²) >= 11 is 0. The van der Waals surface area contributed by atoms with Gasteiger partial charge in [0.05, 0.1) is 29.3 Å². The van der Waals surface area contributed by atoms with Gasteiger partial charge in [-0.1, -0.05) is 0 Å². The molecule has 2 fully saturated rings. The number of pyridine rings is 1. The average molecular weight is 435 g/mol. The molecule has 11 nitrogen and oxygen atoms in total. The molecule has 4 heterocycles. The molecule has 2 aromatic rings. The third-order valence-corrected chi connectivity index (χ3v) is 6.42. The molecule has 0 bridgehead atoms. The predicted octanol–water partition coefficient (Wildman–Crippen LogP) is -0.268. The van der Waals surface area contributed by atoms with Gasteiger partial charge in [0.1, 0.15) is 11.0 Å². The van der Waals surface area contributed by atoms with Crippen molar-refractivity contribution in [2.45, 2.75) is 37.2 Å². The van der Waals surface area contributed by atoms with Crippen LogP contribution in [0.15, 0.2) is 21.6 Å². The van der Waals surface area contributed by atoms with Crippen molar-refractivity contribution in [2.75, 3.05) is 37.7 Å². The van der Waals surface area contributed by atoms with Crippen LogP contribution in [0.5, 0.6) is 0 Å². The van der Waals surface area contributed by atoms with Gasteiger partial charge in [-0.15, -0.1) is 10.2 Å². The largest absolute Gasteiger partial charge is 0.419 e. The van der Waals surface area contributed by atoms with Crippen molar-refractivity contribution in [1.29, 1.82) is 10.8 Å². The third-order valence-electron chi connectivity index (χ3n) is 5.09. The predicted molar refractivity (Wildman–Crippen MR) is 110 cm³/mol. The van der Waals surface area contributed by atoms with Crippen LogP contribution in [0, 0.1) is 17.7 Å². The molecule has 0 amide bonds. The monoisotopic (exact) mass is 434 g/mol. The van der Waals surface area contributed by atoms with Gasteiger partial charge in [-0.2, -0.15) is 0 Å². The van der Waals surface area contributed by atoms with E-state index in [0.29, 0.717) is 42.8 Å². The second kappa shape index (κ2) is 8.02. The molecule has 4 rings (SSSR count). The Bertz CT molecular complexity index is 1040. The Labute approximate surface area is 176 Å². The Morgan fingerprint density at radius 2 is 2.20 bits per heavy atom. The second-order valence-electron chi connectivity index (χ2n) is 7.98. The maximum atomic E-state index is 13.1. The highest BCUT2D eigenvalue weighted by Crippen LogP contribution is 2.20. The zero-order valence-electron chi connectivity index (χ0n) is 17.2. The number of rotatable bonds is 5. The molecule has 2 aromatic heterocycles. The Balaban J connectivity index is 1.75. The van der Waals surface area contributed by atoms with Crippen LogP contribution in [0.3, 0.4) is 0 Å².